The predicted molar refractivity (Wildman–Crippen MR) is 147 cm³/mol. The monoisotopic (exact) mass is 587 g/mol. The molecule has 2 amide bonds. The number of amides is 2. The number of benzene rings is 1. The molecule has 2 fully saturated rings. The molecule has 41 heavy (non-hydrogen) atoms. The molecular formula is C28H29ClF3N7O2. The van der Waals surface area contributed by atoms with Crippen molar-refractivity contribution in [3.05, 3.63) is 69.8 Å². The molecule has 0 saturated carbocycles. The smallest absolute Gasteiger partial charge is 0.261 e. The zero-order valence-electron chi connectivity index (χ0n) is 22.8. The van der Waals surface area contributed by atoms with Gasteiger partial charge in [0.05, 0.1) is 28.9 Å². The normalized spacial score (nSPS) is 23.5. The van der Waals surface area contributed by atoms with Gasteiger partial charge in [0.2, 0.25) is 5.91 Å². The van der Waals surface area contributed by atoms with Crippen LogP contribution in [0.4, 0.5) is 24.8 Å². The summed E-state index contributed by atoms with van der Waals surface area (Å²) in [5, 5.41) is 7.02. The van der Waals surface area contributed by atoms with Gasteiger partial charge in [-0.25, -0.2) is 18.2 Å². The summed E-state index contributed by atoms with van der Waals surface area (Å²) in [6, 6.07) is 4.02. The molecule has 1 aromatic carbocycles. The fraction of sp³-hybridized carbons (Fsp3) is 0.429. The standard InChI is InChI=1S/C28H29ClF3N7O2/c1-28(17-6-4-7-18(29)22(17)31)14-39(25-19(30)13-37(3)35-25)26(40)16-10-33-24(23(32)21(16)28)34-15-11-38(12-15)20-8-5-9-36(2)27(20)41/h4,6-7,10,13,15,20H,5,8-9,11-12,14H2,1-3H3,(H,33,34)/t20-,28+/m0/s1. The molecule has 0 radical (unpaired) electrons. The lowest BCUT2D eigenvalue weighted by molar-refractivity contribution is -0.140. The van der Waals surface area contributed by atoms with E-state index in [1.165, 1.54) is 30.1 Å². The van der Waals surface area contributed by atoms with E-state index >= 15 is 8.78 Å². The van der Waals surface area contributed by atoms with Crippen molar-refractivity contribution >= 4 is 35.1 Å². The second kappa shape index (κ2) is 10.0. The number of aryl methyl sites for hydroxylation is 1. The number of pyridine rings is 1. The largest absolute Gasteiger partial charge is 0.362 e. The van der Waals surface area contributed by atoms with Crippen LogP contribution >= 0.6 is 11.6 Å². The molecule has 0 spiro atoms. The molecule has 1 N–H and O–H groups in total. The minimum atomic E-state index is -1.48. The van der Waals surface area contributed by atoms with Gasteiger partial charge in [-0.2, -0.15) is 5.10 Å². The lowest BCUT2D eigenvalue weighted by atomic mass is 9.71. The van der Waals surface area contributed by atoms with Crippen LogP contribution in [0.15, 0.2) is 30.6 Å². The van der Waals surface area contributed by atoms with Crippen molar-refractivity contribution in [2.45, 2.75) is 37.3 Å². The number of carbonyl (C=O) groups is 2. The van der Waals surface area contributed by atoms with Crippen LogP contribution in [0.25, 0.3) is 0 Å². The first-order chi connectivity index (χ1) is 19.5. The van der Waals surface area contributed by atoms with Gasteiger partial charge in [-0.3, -0.25) is 24.1 Å². The first-order valence-corrected chi connectivity index (χ1v) is 13.8. The third-order valence-electron chi connectivity index (χ3n) is 8.41. The molecule has 216 valence electrons. The van der Waals surface area contributed by atoms with Crippen molar-refractivity contribution in [2.24, 2.45) is 7.05 Å². The number of nitrogens with zero attached hydrogens (tertiary/aromatic N) is 6. The van der Waals surface area contributed by atoms with E-state index in [4.69, 9.17) is 11.6 Å². The van der Waals surface area contributed by atoms with Gasteiger partial charge in [-0.05, 0) is 25.8 Å². The number of likely N-dealkylation sites (tertiary alicyclic amines) is 2. The number of carbonyl (C=O) groups excluding carboxylic acids is 2. The van der Waals surface area contributed by atoms with Crippen LogP contribution in [0.1, 0.15) is 41.3 Å². The van der Waals surface area contributed by atoms with E-state index in [1.54, 1.807) is 24.9 Å². The molecule has 9 nitrogen and oxygen atoms in total. The second-order valence-corrected chi connectivity index (χ2v) is 11.6. The van der Waals surface area contributed by atoms with Gasteiger partial charge >= 0.3 is 0 Å². The minimum Gasteiger partial charge on any atom is -0.362 e. The molecule has 2 atom stereocenters. The maximum absolute atomic E-state index is 16.4. The number of nitrogens with one attached hydrogen (secondary N) is 1. The number of anilines is 2. The quantitative estimate of drug-likeness (QED) is 0.491. The van der Waals surface area contributed by atoms with Crippen molar-refractivity contribution in [1.29, 1.82) is 0 Å². The van der Waals surface area contributed by atoms with Gasteiger partial charge in [0.25, 0.3) is 5.91 Å². The van der Waals surface area contributed by atoms with Gasteiger partial charge in [0, 0.05) is 63.0 Å². The zero-order valence-corrected chi connectivity index (χ0v) is 23.6. The summed E-state index contributed by atoms with van der Waals surface area (Å²) in [5.41, 5.74) is -1.62. The number of hydrogen-bond donors (Lipinski definition) is 1. The molecular weight excluding hydrogens is 559 g/mol. The number of hydrogen-bond acceptors (Lipinski definition) is 6. The highest BCUT2D eigenvalue weighted by Crippen LogP contribution is 2.45. The van der Waals surface area contributed by atoms with E-state index in [2.05, 4.69) is 20.3 Å². The van der Waals surface area contributed by atoms with E-state index in [1.807, 2.05) is 0 Å². The third-order valence-corrected chi connectivity index (χ3v) is 8.70. The van der Waals surface area contributed by atoms with Crippen LogP contribution in [0.2, 0.25) is 5.02 Å². The predicted octanol–water partition coefficient (Wildman–Crippen LogP) is 3.57. The first-order valence-electron chi connectivity index (χ1n) is 13.4. The molecule has 3 aromatic rings. The van der Waals surface area contributed by atoms with Gasteiger partial charge in [-0.1, -0.05) is 23.7 Å². The van der Waals surface area contributed by atoms with Crippen LogP contribution in [0.3, 0.4) is 0 Å². The number of likely N-dealkylation sites (N-methyl/N-ethyl adjacent to an activating group) is 1. The minimum absolute atomic E-state index is 0.0471. The average Bonchev–Trinajstić information content (AvgIpc) is 3.25. The van der Waals surface area contributed by atoms with E-state index in [-0.39, 0.29) is 57.9 Å². The lowest BCUT2D eigenvalue weighted by Gasteiger charge is -2.46. The summed E-state index contributed by atoms with van der Waals surface area (Å²) < 4.78 is 47.9. The number of halogens is 4. The Hall–Kier alpha value is -3.64. The topological polar surface area (TPSA) is 86.6 Å². The van der Waals surface area contributed by atoms with Crippen LogP contribution in [0, 0.1) is 17.5 Å². The summed E-state index contributed by atoms with van der Waals surface area (Å²) >= 11 is 6.11. The molecule has 0 bridgehead atoms. The zero-order chi connectivity index (χ0) is 29.2. The Morgan fingerprint density at radius 2 is 1.88 bits per heavy atom. The molecule has 2 aromatic heterocycles. The highest BCUT2D eigenvalue weighted by Gasteiger charge is 2.48. The Morgan fingerprint density at radius 3 is 2.59 bits per heavy atom. The van der Waals surface area contributed by atoms with Gasteiger partial charge in [0.15, 0.2) is 23.3 Å². The number of fused-ring (bicyclic) bond motifs is 1. The Morgan fingerprint density at radius 1 is 1.12 bits per heavy atom. The molecule has 2 saturated heterocycles. The summed E-state index contributed by atoms with van der Waals surface area (Å²) in [4.78, 5) is 35.2. The number of rotatable bonds is 5. The maximum atomic E-state index is 16.4. The van der Waals surface area contributed by atoms with Crippen LogP contribution < -0.4 is 10.2 Å². The van der Waals surface area contributed by atoms with E-state index in [0.29, 0.717) is 13.1 Å². The fourth-order valence-corrected chi connectivity index (χ4v) is 6.43. The van der Waals surface area contributed by atoms with Crippen molar-refractivity contribution in [3.8, 4) is 0 Å². The molecule has 0 unspecified atom stereocenters. The molecule has 3 aliphatic heterocycles. The van der Waals surface area contributed by atoms with Crippen molar-refractivity contribution < 1.29 is 22.8 Å². The van der Waals surface area contributed by atoms with Gasteiger partial charge in [0.1, 0.15) is 5.82 Å². The maximum Gasteiger partial charge on any atom is 0.261 e. The Kier molecular flexibility index (Phi) is 6.73. The summed E-state index contributed by atoms with van der Waals surface area (Å²) in [7, 11) is 3.30. The highest BCUT2D eigenvalue weighted by atomic mass is 35.5. The van der Waals surface area contributed by atoms with E-state index in [9.17, 15) is 14.0 Å². The Balaban J connectivity index is 1.36. The van der Waals surface area contributed by atoms with Crippen molar-refractivity contribution in [1.82, 2.24) is 24.6 Å². The summed E-state index contributed by atoms with van der Waals surface area (Å²) in [5.74, 6) is -3.27. The molecule has 5 heterocycles. The summed E-state index contributed by atoms with van der Waals surface area (Å²) in [6.07, 6.45) is 4.05. The lowest BCUT2D eigenvalue weighted by Crippen LogP contribution is -2.63. The van der Waals surface area contributed by atoms with Gasteiger partial charge < -0.3 is 10.2 Å². The Bertz CT molecular complexity index is 1560. The van der Waals surface area contributed by atoms with Crippen molar-refractivity contribution in [2.75, 3.05) is 43.4 Å². The van der Waals surface area contributed by atoms with Gasteiger partial charge in [-0.15, -0.1) is 0 Å². The van der Waals surface area contributed by atoms with Crippen LogP contribution in [-0.2, 0) is 17.3 Å². The molecule has 3 aliphatic rings. The summed E-state index contributed by atoms with van der Waals surface area (Å²) in [6.45, 7) is 3.08. The second-order valence-electron chi connectivity index (χ2n) is 11.2. The highest BCUT2D eigenvalue weighted by molar-refractivity contribution is 6.30. The number of aromatic nitrogens is 3. The Labute approximate surface area is 239 Å². The van der Waals surface area contributed by atoms with E-state index in [0.717, 1.165) is 30.5 Å². The van der Waals surface area contributed by atoms with Crippen molar-refractivity contribution in [3.63, 3.8) is 0 Å². The van der Waals surface area contributed by atoms with Crippen LogP contribution in [0.5, 0.6) is 0 Å². The van der Waals surface area contributed by atoms with Crippen LogP contribution in [-0.4, -0.2) is 81.7 Å². The number of piperidine rings is 1. The molecule has 0 aliphatic carbocycles. The first kappa shape index (κ1) is 27.5. The van der Waals surface area contributed by atoms with E-state index < -0.39 is 28.8 Å². The fourth-order valence-electron chi connectivity index (χ4n) is 6.25. The molecule has 13 heteroatoms. The third kappa shape index (κ3) is 4.44. The molecule has 6 rings (SSSR count). The SMILES string of the molecule is CN1CCC[C@H](N2CC(Nc3ncc4c(c3F)[C@@](C)(c3cccc(Cl)c3F)CN(c3nn(C)cc3F)C4=O)C2)C1=O. The average molecular weight is 588 g/mol.